The zero-order valence-electron chi connectivity index (χ0n) is 11.1. The monoisotopic (exact) mass is 304 g/mol. The largest absolute Gasteiger partial charge is 0.346 e. The summed E-state index contributed by atoms with van der Waals surface area (Å²) in [7, 11) is 0. The second-order valence-corrected chi connectivity index (χ2v) is 4.91. The van der Waals surface area contributed by atoms with E-state index < -0.39 is 0 Å². The average Bonchev–Trinajstić information content (AvgIpc) is 3.02. The number of aromatic nitrogens is 1. The lowest BCUT2D eigenvalue weighted by Crippen LogP contribution is -2.12. The molecule has 0 unspecified atom stereocenters. The molecule has 1 aromatic carbocycles. The lowest BCUT2D eigenvalue weighted by molar-refractivity contribution is -0.0440. The number of pyridine rings is 1. The maximum absolute atomic E-state index is 12.1. The van der Waals surface area contributed by atoms with Gasteiger partial charge in [-0.25, -0.2) is 4.98 Å². The van der Waals surface area contributed by atoms with Crippen LogP contribution in [0.2, 0.25) is 5.15 Å². The van der Waals surface area contributed by atoms with E-state index in [9.17, 15) is 4.79 Å². The van der Waals surface area contributed by atoms with Crippen molar-refractivity contribution >= 4 is 23.2 Å². The van der Waals surface area contributed by atoms with Gasteiger partial charge < -0.3 is 14.8 Å². The highest BCUT2D eigenvalue weighted by Gasteiger charge is 2.18. The van der Waals surface area contributed by atoms with E-state index in [1.807, 2.05) is 18.2 Å². The quantitative estimate of drug-likeness (QED) is 0.885. The Labute approximate surface area is 126 Å². The molecule has 1 saturated heterocycles. The predicted molar refractivity (Wildman–Crippen MR) is 78.3 cm³/mol. The van der Waals surface area contributed by atoms with Gasteiger partial charge in [-0.2, -0.15) is 0 Å². The summed E-state index contributed by atoms with van der Waals surface area (Å²) in [6, 6.07) is 10.6. The Morgan fingerprint density at radius 2 is 2.05 bits per heavy atom. The normalized spacial score (nSPS) is 15.1. The number of amides is 1. The van der Waals surface area contributed by atoms with Crippen LogP contribution in [0, 0.1) is 0 Å². The molecule has 108 valence electrons. The summed E-state index contributed by atoms with van der Waals surface area (Å²) in [5, 5.41) is 3.16. The number of nitrogens with zero attached hydrogens (tertiary/aromatic N) is 1. The number of carbonyl (C=O) groups is 1. The third-order valence-corrected chi connectivity index (χ3v) is 3.25. The molecule has 2 heterocycles. The number of ether oxygens (including phenoxy) is 2. The van der Waals surface area contributed by atoms with Crippen molar-refractivity contribution < 1.29 is 14.3 Å². The summed E-state index contributed by atoms with van der Waals surface area (Å²) in [6.45, 7) is 1.16. The maximum atomic E-state index is 12.1. The third kappa shape index (κ3) is 3.39. The molecule has 0 atom stereocenters. The predicted octanol–water partition coefficient (Wildman–Crippen LogP) is 3.03. The fourth-order valence-corrected chi connectivity index (χ4v) is 2.14. The van der Waals surface area contributed by atoms with Crippen LogP contribution in [0.3, 0.4) is 0 Å². The Balaban J connectivity index is 1.73. The number of rotatable bonds is 3. The van der Waals surface area contributed by atoms with Gasteiger partial charge in [-0.1, -0.05) is 23.7 Å². The molecule has 5 nitrogen and oxygen atoms in total. The highest BCUT2D eigenvalue weighted by atomic mass is 35.5. The summed E-state index contributed by atoms with van der Waals surface area (Å²) in [4.78, 5) is 16.0. The Bertz CT molecular complexity index is 640. The first kappa shape index (κ1) is 14.0. The van der Waals surface area contributed by atoms with Crippen LogP contribution in [0.1, 0.15) is 22.2 Å². The summed E-state index contributed by atoms with van der Waals surface area (Å²) in [5.41, 5.74) is 1.99. The minimum atomic E-state index is -0.362. The fraction of sp³-hybridized carbons (Fsp3) is 0.200. The molecule has 1 aliphatic heterocycles. The van der Waals surface area contributed by atoms with Gasteiger partial charge in [0.25, 0.3) is 5.91 Å². The number of nitrogens with one attached hydrogen (secondary N) is 1. The number of carbonyl (C=O) groups excluding carboxylic acids is 1. The molecule has 1 aromatic heterocycles. The highest BCUT2D eigenvalue weighted by molar-refractivity contribution is 6.29. The fourth-order valence-electron chi connectivity index (χ4n) is 2.03. The third-order valence-electron chi connectivity index (χ3n) is 3.03. The van der Waals surface area contributed by atoms with E-state index in [0.717, 1.165) is 5.56 Å². The van der Waals surface area contributed by atoms with Crippen LogP contribution in [0.25, 0.3) is 0 Å². The van der Waals surface area contributed by atoms with Crippen molar-refractivity contribution in [1.82, 2.24) is 4.98 Å². The van der Waals surface area contributed by atoms with Gasteiger partial charge in [0.1, 0.15) is 5.15 Å². The van der Waals surface area contributed by atoms with Gasteiger partial charge in [0.15, 0.2) is 6.29 Å². The van der Waals surface area contributed by atoms with E-state index in [-0.39, 0.29) is 12.2 Å². The minimum Gasteiger partial charge on any atom is -0.346 e. The van der Waals surface area contributed by atoms with E-state index in [1.54, 1.807) is 18.2 Å². The Hall–Kier alpha value is -1.95. The molecule has 1 amide bonds. The maximum Gasteiger partial charge on any atom is 0.257 e. The summed E-state index contributed by atoms with van der Waals surface area (Å²) in [6.07, 6.45) is 1.07. The van der Waals surface area contributed by atoms with Crippen molar-refractivity contribution in [2.45, 2.75) is 6.29 Å². The molecule has 3 rings (SSSR count). The number of anilines is 1. The summed E-state index contributed by atoms with van der Waals surface area (Å²) >= 11 is 5.70. The van der Waals surface area contributed by atoms with Gasteiger partial charge in [-0.15, -0.1) is 0 Å². The molecule has 0 aliphatic carbocycles. The molecule has 21 heavy (non-hydrogen) atoms. The Morgan fingerprint density at radius 3 is 2.76 bits per heavy atom. The topological polar surface area (TPSA) is 60.5 Å². The van der Waals surface area contributed by atoms with Gasteiger partial charge in [0.05, 0.1) is 18.8 Å². The average molecular weight is 305 g/mol. The zero-order chi connectivity index (χ0) is 14.7. The van der Waals surface area contributed by atoms with Crippen LogP contribution in [-0.4, -0.2) is 24.1 Å². The molecule has 1 N–H and O–H groups in total. The Kier molecular flexibility index (Phi) is 4.15. The van der Waals surface area contributed by atoms with Crippen molar-refractivity contribution in [2.24, 2.45) is 0 Å². The molecule has 1 fully saturated rings. The van der Waals surface area contributed by atoms with Gasteiger partial charge in [0, 0.05) is 17.4 Å². The first-order chi connectivity index (χ1) is 10.2. The molecule has 1 aliphatic rings. The van der Waals surface area contributed by atoms with Crippen molar-refractivity contribution in [1.29, 1.82) is 0 Å². The molecule has 6 heteroatoms. The van der Waals surface area contributed by atoms with E-state index in [4.69, 9.17) is 21.1 Å². The molecular weight excluding hydrogens is 292 g/mol. The first-order valence-corrected chi connectivity index (χ1v) is 6.86. The number of hydrogen-bond acceptors (Lipinski definition) is 4. The molecule has 0 radical (unpaired) electrons. The van der Waals surface area contributed by atoms with Crippen molar-refractivity contribution in [3.05, 3.63) is 58.9 Å². The van der Waals surface area contributed by atoms with Crippen molar-refractivity contribution in [3.8, 4) is 0 Å². The Morgan fingerprint density at radius 1 is 1.24 bits per heavy atom. The minimum absolute atomic E-state index is 0.246. The van der Waals surface area contributed by atoms with Crippen LogP contribution in [-0.2, 0) is 9.47 Å². The van der Waals surface area contributed by atoms with Crippen molar-refractivity contribution in [3.63, 3.8) is 0 Å². The molecule has 2 aromatic rings. The number of hydrogen-bond donors (Lipinski definition) is 1. The standard InChI is InChI=1S/C15H13ClN2O3/c16-13-5-4-11(9-17-13)14(19)18-12-3-1-2-10(8-12)15-20-6-7-21-15/h1-5,8-9,15H,6-7H2,(H,18,19). The van der Waals surface area contributed by atoms with Crippen molar-refractivity contribution in [2.75, 3.05) is 18.5 Å². The van der Waals surface area contributed by atoms with E-state index in [0.29, 0.717) is 29.6 Å². The van der Waals surface area contributed by atoms with Gasteiger partial charge in [-0.3, -0.25) is 4.79 Å². The van der Waals surface area contributed by atoms with E-state index in [2.05, 4.69) is 10.3 Å². The zero-order valence-corrected chi connectivity index (χ0v) is 11.8. The van der Waals surface area contributed by atoms with Crippen LogP contribution in [0.5, 0.6) is 0 Å². The number of benzene rings is 1. The van der Waals surface area contributed by atoms with Crippen LogP contribution in [0.15, 0.2) is 42.6 Å². The van der Waals surface area contributed by atoms with Gasteiger partial charge >= 0.3 is 0 Å². The van der Waals surface area contributed by atoms with E-state index >= 15 is 0 Å². The van der Waals surface area contributed by atoms with Crippen LogP contribution >= 0.6 is 11.6 Å². The molecule has 0 spiro atoms. The molecular formula is C15H13ClN2O3. The first-order valence-electron chi connectivity index (χ1n) is 6.48. The highest BCUT2D eigenvalue weighted by Crippen LogP contribution is 2.25. The lowest BCUT2D eigenvalue weighted by Gasteiger charge is -2.11. The second kappa shape index (κ2) is 6.22. The molecule has 0 bridgehead atoms. The van der Waals surface area contributed by atoms with E-state index in [1.165, 1.54) is 6.20 Å². The number of halogens is 1. The summed E-state index contributed by atoms with van der Waals surface area (Å²) < 4.78 is 10.9. The second-order valence-electron chi connectivity index (χ2n) is 4.52. The lowest BCUT2D eigenvalue weighted by atomic mass is 10.2. The van der Waals surface area contributed by atoms with Gasteiger partial charge in [0.2, 0.25) is 0 Å². The van der Waals surface area contributed by atoms with Crippen LogP contribution < -0.4 is 5.32 Å². The van der Waals surface area contributed by atoms with Crippen LogP contribution in [0.4, 0.5) is 5.69 Å². The van der Waals surface area contributed by atoms with Gasteiger partial charge in [-0.05, 0) is 24.3 Å². The smallest absolute Gasteiger partial charge is 0.257 e. The molecule has 0 saturated carbocycles. The summed E-state index contributed by atoms with van der Waals surface area (Å²) in [5.74, 6) is -0.246. The SMILES string of the molecule is O=C(Nc1cccc(C2OCCO2)c1)c1ccc(Cl)nc1.